The molecule has 0 aliphatic carbocycles. The zero-order chi connectivity index (χ0) is 12.4. The topological polar surface area (TPSA) is 20.3 Å². The Kier molecular flexibility index (Phi) is 4.07. The molecule has 0 fully saturated rings. The Morgan fingerprint density at radius 3 is 1.93 bits per heavy atom. The maximum Gasteiger partial charge on any atom is 0.463 e. The molecule has 7 heteroatoms. The second-order valence-electron chi connectivity index (χ2n) is 3.25. The summed E-state index contributed by atoms with van der Waals surface area (Å²) in [6.45, 7) is 2.98. The van der Waals surface area contributed by atoms with Crippen molar-refractivity contribution < 1.29 is 26.7 Å². The van der Waals surface area contributed by atoms with E-state index in [1.807, 2.05) is 0 Å². The second kappa shape index (κ2) is 4.32. The maximum absolute atomic E-state index is 12.6. The van der Waals surface area contributed by atoms with E-state index in [0.717, 1.165) is 7.05 Å². The zero-order valence-corrected chi connectivity index (χ0v) is 8.53. The molecule has 0 bridgehead atoms. The van der Waals surface area contributed by atoms with Gasteiger partial charge in [0, 0.05) is 13.1 Å². The highest BCUT2D eigenvalue weighted by Crippen LogP contribution is 2.37. The predicted molar refractivity (Wildman–Crippen MR) is 43.5 cm³/mol. The Bertz CT molecular complexity index is 238. The Morgan fingerprint density at radius 1 is 1.27 bits per heavy atom. The molecule has 0 heterocycles. The van der Waals surface area contributed by atoms with E-state index in [4.69, 9.17) is 0 Å². The summed E-state index contributed by atoms with van der Waals surface area (Å²) in [7, 11) is 0.927. The van der Waals surface area contributed by atoms with Crippen LogP contribution in [0, 0.1) is 0 Å². The number of hydrogen-bond donors (Lipinski definition) is 0. The lowest BCUT2D eigenvalue weighted by Crippen LogP contribution is -2.53. The van der Waals surface area contributed by atoms with Crippen LogP contribution in [0.2, 0.25) is 0 Å². The van der Waals surface area contributed by atoms with Crippen molar-refractivity contribution >= 4 is 5.91 Å². The van der Waals surface area contributed by atoms with Gasteiger partial charge in [-0.3, -0.25) is 4.79 Å². The number of amides is 1. The van der Waals surface area contributed by atoms with Crippen LogP contribution in [0.3, 0.4) is 0 Å². The molecule has 0 N–H and O–H groups in total. The molecule has 0 aliphatic rings. The normalized spacial score (nSPS) is 14.9. The monoisotopic (exact) mass is 233 g/mol. The molecule has 0 radical (unpaired) electrons. The average Bonchev–Trinajstić information content (AvgIpc) is 2.12. The number of carbonyl (C=O) groups excluding carboxylic acids is 1. The third-order valence-corrected chi connectivity index (χ3v) is 2.20. The van der Waals surface area contributed by atoms with Crippen molar-refractivity contribution in [3.8, 4) is 0 Å². The van der Waals surface area contributed by atoms with Crippen LogP contribution in [-0.4, -0.2) is 36.0 Å². The first-order chi connectivity index (χ1) is 6.55. The molecule has 1 amide bonds. The Balaban J connectivity index is 4.86. The third-order valence-electron chi connectivity index (χ3n) is 2.20. The van der Waals surface area contributed by atoms with Gasteiger partial charge < -0.3 is 4.90 Å². The average molecular weight is 233 g/mol. The lowest BCUT2D eigenvalue weighted by Gasteiger charge is -2.28. The van der Waals surface area contributed by atoms with Gasteiger partial charge in [-0.05, 0) is 13.3 Å². The first-order valence-corrected chi connectivity index (χ1v) is 4.27. The summed E-state index contributed by atoms with van der Waals surface area (Å²) in [5, 5.41) is 0. The smallest absolute Gasteiger partial charge is 0.338 e. The molecule has 2 nitrogen and oxygen atoms in total. The predicted octanol–water partition coefficient (Wildman–Crippen LogP) is 2.44. The molecular weight excluding hydrogens is 221 g/mol. The van der Waals surface area contributed by atoms with Crippen LogP contribution in [0.4, 0.5) is 22.0 Å². The first kappa shape index (κ1) is 14.1. The second-order valence-corrected chi connectivity index (χ2v) is 3.25. The van der Waals surface area contributed by atoms with E-state index in [-0.39, 0.29) is 0 Å². The van der Waals surface area contributed by atoms with Gasteiger partial charge in [-0.25, -0.2) is 0 Å². The SMILES string of the molecule is CCC(C)N(C)C(=O)C(F)(F)C(F)(F)F. The standard InChI is InChI=1S/C8H12F5NO/c1-4-5(2)14(3)6(15)7(9,10)8(11,12)13/h5H,4H2,1-3H3. The fourth-order valence-corrected chi connectivity index (χ4v) is 0.817. The largest absolute Gasteiger partial charge is 0.463 e. The zero-order valence-electron chi connectivity index (χ0n) is 8.53. The molecule has 1 unspecified atom stereocenters. The lowest BCUT2D eigenvalue weighted by molar-refractivity contribution is -0.274. The van der Waals surface area contributed by atoms with Crippen molar-refractivity contribution in [3.63, 3.8) is 0 Å². The summed E-state index contributed by atoms with van der Waals surface area (Å²) < 4.78 is 60.6. The fraction of sp³-hybridized carbons (Fsp3) is 0.875. The Morgan fingerprint density at radius 2 is 1.67 bits per heavy atom. The third kappa shape index (κ3) is 2.79. The van der Waals surface area contributed by atoms with Crippen LogP contribution in [0.25, 0.3) is 0 Å². The summed E-state index contributed by atoms with van der Waals surface area (Å²) in [6.07, 6.45) is -5.54. The van der Waals surface area contributed by atoms with Crippen molar-refractivity contribution in [3.05, 3.63) is 0 Å². The van der Waals surface area contributed by atoms with E-state index in [2.05, 4.69) is 0 Å². The molecule has 0 aromatic rings. The first-order valence-electron chi connectivity index (χ1n) is 4.27. The maximum atomic E-state index is 12.6. The van der Waals surface area contributed by atoms with Gasteiger partial charge in [0.2, 0.25) is 0 Å². The van der Waals surface area contributed by atoms with Gasteiger partial charge in [0.15, 0.2) is 0 Å². The van der Waals surface area contributed by atoms with Gasteiger partial charge in [-0.1, -0.05) is 6.92 Å². The summed E-state index contributed by atoms with van der Waals surface area (Å²) in [5.74, 6) is -7.53. The van der Waals surface area contributed by atoms with E-state index in [0.29, 0.717) is 11.3 Å². The van der Waals surface area contributed by atoms with Crippen molar-refractivity contribution in [2.75, 3.05) is 7.05 Å². The number of alkyl halides is 5. The summed E-state index contributed by atoms with van der Waals surface area (Å²) in [5.41, 5.74) is 0. The molecule has 0 saturated heterocycles. The van der Waals surface area contributed by atoms with E-state index in [1.165, 1.54) is 6.92 Å². The van der Waals surface area contributed by atoms with Crippen LogP contribution in [0.1, 0.15) is 20.3 Å². The molecule has 0 spiro atoms. The highest BCUT2D eigenvalue weighted by atomic mass is 19.4. The molecule has 15 heavy (non-hydrogen) atoms. The summed E-state index contributed by atoms with van der Waals surface area (Å²) in [4.78, 5) is 11.3. The number of nitrogens with zero attached hydrogens (tertiary/aromatic N) is 1. The number of carbonyl (C=O) groups is 1. The summed E-state index contributed by atoms with van der Waals surface area (Å²) in [6, 6.07) is -0.661. The molecular formula is C8H12F5NO. The minimum atomic E-state index is -5.84. The molecule has 0 aliphatic heterocycles. The fourth-order valence-electron chi connectivity index (χ4n) is 0.817. The number of halogens is 5. The van der Waals surface area contributed by atoms with Gasteiger partial charge >= 0.3 is 18.0 Å². The van der Waals surface area contributed by atoms with E-state index >= 15 is 0 Å². The highest BCUT2D eigenvalue weighted by molar-refractivity contribution is 5.84. The van der Waals surface area contributed by atoms with E-state index < -0.39 is 24.0 Å². The molecule has 1 atom stereocenters. The molecule has 0 rings (SSSR count). The van der Waals surface area contributed by atoms with Crippen LogP contribution >= 0.6 is 0 Å². The van der Waals surface area contributed by atoms with Crippen LogP contribution in [-0.2, 0) is 4.79 Å². The van der Waals surface area contributed by atoms with Gasteiger partial charge in [0.1, 0.15) is 0 Å². The molecule has 90 valence electrons. The van der Waals surface area contributed by atoms with Gasteiger partial charge in [0.05, 0.1) is 0 Å². The molecule has 0 aromatic heterocycles. The van der Waals surface area contributed by atoms with Gasteiger partial charge in [-0.15, -0.1) is 0 Å². The number of hydrogen-bond acceptors (Lipinski definition) is 1. The minimum Gasteiger partial charge on any atom is -0.338 e. The Labute approximate surface area is 84.0 Å². The van der Waals surface area contributed by atoms with Crippen molar-refractivity contribution in [1.29, 1.82) is 0 Å². The lowest BCUT2D eigenvalue weighted by atomic mass is 10.2. The van der Waals surface area contributed by atoms with Gasteiger partial charge in [0.25, 0.3) is 0 Å². The van der Waals surface area contributed by atoms with Crippen molar-refractivity contribution in [1.82, 2.24) is 4.90 Å². The quantitative estimate of drug-likeness (QED) is 0.685. The minimum absolute atomic E-state index is 0.302. The van der Waals surface area contributed by atoms with E-state index in [1.54, 1.807) is 6.92 Å². The number of rotatable bonds is 3. The summed E-state index contributed by atoms with van der Waals surface area (Å²) >= 11 is 0. The van der Waals surface area contributed by atoms with Crippen molar-refractivity contribution in [2.24, 2.45) is 0 Å². The van der Waals surface area contributed by atoms with Crippen LogP contribution in [0.5, 0.6) is 0 Å². The van der Waals surface area contributed by atoms with Gasteiger partial charge in [-0.2, -0.15) is 22.0 Å². The highest BCUT2D eigenvalue weighted by Gasteiger charge is 2.64. The van der Waals surface area contributed by atoms with Crippen molar-refractivity contribution in [2.45, 2.75) is 38.4 Å². The van der Waals surface area contributed by atoms with Crippen LogP contribution < -0.4 is 0 Å². The van der Waals surface area contributed by atoms with Crippen LogP contribution in [0.15, 0.2) is 0 Å². The van der Waals surface area contributed by atoms with E-state index in [9.17, 15) is 26.7 Å². The Hall–Kier alpha value is -0.880. The molecule has 0 saturated carbocycles. The molecule has 0 aromatic carbocycles.